The van der Waals surface area contributed by atoms with E-state index in [9.17, 15) is 0 Å². The first kappa shape index (κ1) is 15.8. The molecule has 0 bridgehead atoms. The molecular weight excluding hydrogens is 272 g/mol. The highest BCUT2D eigenvalue weighted by Crippen LogP contribution is 2.28. The summed E-state index contributed by atoms with van der Waals surface area (Å²) < 4.78 is 5.52. The average molecular weight is 297 g/mol. The predicted molar refractivity (Wildman–Crippen MR) is 84.3 cm³/mol. The van der Waals surface area contributed by atoms with E-state index in [0.29, 0.717) is 18.1 Å². The standard InChI is InChI=1S/C16H25ClN2O/c1-12(10-14-11-20-9-8-18-14)19(3)13(2)15-6-4-5-7-16(15)17/h4-7,12-14,18H,8-11H2,1-3H3. The van der Waals surface area contributed by atoms with E-state index in [1.54, 1.807) is 0 Å². The fourth-order valence-electron chi connectivity index (χ4n) is 2.76. The Morgan fingerprint density at radius 1 is 1.40 bits per heavy atom. The molecule has 1 aromatic rings. The predicted octanol–water partition coefficient (Wildman–Crippen LogP) is 3.10. The van der Waals surface area contributed by atoms with Crippen molar-refractivity contribution in [3.8, 4) is 0 Å². The zero-order valence-electron chi connectivity index (χ0n) is 12.6. The third-order valence-corrected chi connectivity index (χ3v) is 4.63. The Hall–Kier alpha value is -0.610. The zero-order chi connectivity index (χ0) is 14.5. The molecule has 1 heterocycles. The van der Waals surface area contributed by atoms with Gasteiger partial charge in [-0.2, -0.15) is 0 Å². The van der Waals surface area contributed by atoms with Crippen molar-refractivity contribution in [2.45, 2.75) is 38.4 Å². The fraction of sp³-hybridized carbons (Fsp3) is 0.625. The molecule has 1 N–H and O–H groups in total. The van der Waals surface area contributed by atoms with Gasteiger partial charge in [-0.1, -0.05) is 29.8 Å². The van der Waals surface area contributed by atoms with Gasteiger partial charge >= 0.3 is 0 Å². The second kappa shape index (κ2) is 7.41. The zero-order valence-corrected chi connectivity index (χ0v) is 13.4. The largest absolute Gasteiger partial charge is 0.379 e. The SMILES string of the molecule is CC(CC1COCCN1)N(C)C(C)c1ccccc1Cl. The number of hydrogen-bond donors (Lipinski definition) is 1. The normalized spacial score (nSPS) is 22.8. The molecule has 0 spiro atoms. The van der Waals surface area contributed by atoms with Crippen LogP contribution in [-0.4, -0.2) is 43.8 Å². The summed E-state index contributed by atoms with van der Waals surface area (Å²) in [5.74, 6) is 0. The highest BCUT2D eigenvalue weighted by Gasteiger charge is 2.23. The Morgan fingerprint density at radius 2 is 2.15 bits per heavy atom. The molecule has 1 aliphatic heterocycles. The molecule has 0 amide bonds. The first-order valence-electron chi connectivity index (χ1n) is 7.37. The molecule has 0 radical (unpaired) electrons. The molecule has 2 rings (SSSR count). The molecule has 0 saturated carbocycles. The van der Waals surface area contributed by atoms with Crippen LogP contribution >= 0.6 is 11.6 Å². The van der Waals surface area contributed by atoms with Gasteiger partial charge < -0.3 is 10.1 Å². The third kappa shape index (κ3) is 3.95. The van der Waals surface area contributed by atoms with E-state index in [2.05, 4.69) is 37.2 Å². The first-order valence-corrected chi connectivity index (χ1v) is 7.75. The highest BCUT2D eigenvalue weighted by atomic mass is 35.5. The Kier molecular flexibility index (Phi) is 5.85. The molecule has 3 unspecified atom stereocenters. The highest BCUT2D eigenvalue weighted by molar-refractivity contribution is 6.31. The molecule has 0 aromatic heterocycles. The quantitative estimate of drug-likeness (QED) is 0.903. The van der Waals surface area contributed by atoms with Crippen molar-refractivity contribution in [1.29, 1.82) is 0 Å². The number of morpholine rings is 1. The van der Waals surface area contributed by atoms with E-state index in [-0.39, 0.29) is 0 Å². The van der Waals surface area contributed by atoms with E-state index < -0.39 is 0 Å². The summed E-state index contributed by atoms with van der Waals surface area (Å²) in [5, 5.41) is 4.36. The lowest BCUT2D eigenvalue weighted by Gasteiger charge is -2.35. The van der Waals surface area contributed by atoms with Crippen LogP contribution in [-0.2, 0) is 4.74 Å². The summed E-state index contributed by atoms with van der Waals surface area (Å²) in [7, 11) is 2.17. The van der Waals surface area contributed by atoms with Crippen LogP contribution in [0.2, 0.25) is 5.02 Å². The van der Waals surface area contributed by atoms with Crippen molar-refractivity contribution >= 4 is 11.6 Å². The van der Waals surface area contributed by atoms with E-state index >= 15 is 0 Å². The van der Waals surface area contributed by atoms with Gasteiger partial charge in [0.2, 0.25) is 0 Å². The monoisotopic (exact) mass is 296 g/mol. The number of nitrogens with one attached hydrogen (secondary N) is 1. The number of hydrogen-bond acceptors (Lipinski definition) is 3. The molecule has 1 saturated heterocycles. The van der Waals surface area contributed by atoms with Crippen LogP contribution in [0.25, 0.3) is 0 Å². The number of benzene rings is 1. The molecule has 1 aromatic carbocycles. The van der Waals surface area contributed by atoms with Crippen LogP contribution in [0.5, 0.6) is 0 Å². The number of halogens is 1. The maximum Gasteiger partial charge on any atom is 0.0620 e. The van der Waals surface area contributed by atoms with Gasteiger partial charge in [-0.3, -0.25) is 4.90 Å². The number of ether oxygens (including phenoxy) is 1. The lowest BCUT2D eigenvalue weighted by atomic mass is 10.0. The molecule has 0 aliphatic carbocycles. The van der Waals surface area contributed by atoms with Crippen LogP contribution in [0.1, 0.15) is 31.9 Å². The summed E-state index contributed by atoms with van der Waals surface area (Å²) in [4.78, 5) is 2.39. The molecule has 20 heavy (non-hydrogen) atoms. The van der Waals surface area contributed by atoms with Crippen molar-refractivity contribution in [3.05, 3.63) is 34.9 Å². The topological polar surface area (TPSA) is 24.5 Å². The van der Waals surface area contributed by atoms with E-state index in [1.165, 1.54) is 5.56 Å². The summed E-state index contributed by atoms with van der Waals surface area (Å²) in [6.07, 6.45) is 1.09. The molecule has 4 heteroatoms. The van der Waals surface area contributed by atoms with Crippen LogP contribution < -0.4 is 5.32 Å². The van der Waals surface area contributed by atoms with E-state index in [0.717, 1.165) is 31.2 Å². The Morgan fingerprint density at radius 3 is 2.80 bits per heavy atom. The number of nitrogens with zero attached hydrogens (tertiary/aromatic N) is 1. The summed E-state index contributed by atoms with van der Waals surface area (Å²) in [6.45, 7) is 7.09. The van der Waals surface area contributed by atoms with E-state index in [4.69, 9.17) is 16.3 Å². The summed E-state index contributed by atoms with van der Waals surface area (Å²) >= 11 is 6.30. The maximum absolute atomic E-state index is 6.30. The van der Waals surface area contributed by atoms with Gasteiger partial charge in [0.05, 0.1) is 13.2 Å². The summed E-state index contributed by atoms with van der Waals surface area (Å²) in [6, 6.07) is 9.34. The minimum absolute atomic E-state index is 0.309. The van der Waals surface area contributed by atoms with Gasteiger partial charge in [-0.25, -0.2) is 0 Å². The molecule has 1 fully saturated rings. The van der Waals surface area contributed by atoms with Crippen LogP contribution in [0.15, 0.2) is 24.3 Å². The minimum atomic E-state index is 0.309. The van der Waals surface area contributed by atoms with Gasteiger partial charge in [-0.15, -0.1) is 0 Å². The van der Waals surface area contributed by atoms with Crippen LogP contribution in [0.4, 0.5) is 0 Å². The fourth-order valence-corrected chi connectivity index (χ4v) is 3.06. The maximum atomic E-state index is 6.30. The molecule has 3 nitrogen and oxygen atoms in total. The van der Waals surface area contributed by atoms with Crippen LogP contribution in [0.3, 0.4) is 0 Å². The second-order valence-corrected chi connectivity index (χ2v) is 6.08. The van der Waals surface area contributed by atoms with Gasteiger partial charge in [-0.05, 0) is 38.9 Å². The van der Waals surface area contributed by atoms with Crippen molar-refractivity contribution in [1.82, 2.24) is 10.2 Å². The second-order valence-electron chi connectivity index (χ2n) is 5.67. The third-order valence-electron chi connectivity index (χ3n) is 4.29. The smallest absolute Gasteiger partial charge is 0.0620 e. The number of rotatable bonds is 5. The van der Waals surface area contributed by atoms with E-state index in [1.807, 2.05) is 18.2 Å². The average Bonchev–Trinajstić information content (AvgIpc) is 2.47. The van der Waals surface area contributed by atoms with Gasteiger partial charge in [0.25, 0.3) is 0 Å². The van der Waals surface area contributed by atoms with Crippen molar-refractivity contribution in [2.75, 3.05) is 26.8 Å². The molecule has 3 atom stereocenters. The Balaban J connectivity index is 1.95. The minimum Gasteiger partial charge on any atom is -0.379 e. The van der Waals surface area contributed by atoms with Gasteiger partial charge in [0.15, 0.2) is 0 Å². The lowest BCUT2D eigenvalue weighted by Crippen LogP contribution is -2.45. The first-order chi connectivity index (χ1) is 9.59. The Bertz CT molecular complexity index is 421. The molecule has 1 aliphatic rings. The van der Waals surface area contributed by atoms with Crippen molar-refractivity contribution < 1.29 is 4.74 Å². The molecule has 112 valence electrons. The van der Waals surface area contributed by atoms with Crippen molar-refractivity contribution in [2.24, 2.45) is 0 Å². The van der Waals surface area contributed by atoms with Crippen LogP contribution in [0, 0.1) is 0 Å². The molecular formula is C16H25ClN2O. The van der Waals surface area contributed by atoms with Gasteiger partial charge in [0.1, 0.15) is 0 Å². The summed E-state index contributed by atoms with van der Waals surface area (Å²) in [5.41, 5.74) is 1.19. The lowest BCUT2D eigenvalue weighted by molar-refractivity contribution is 0.0608. The van der Waals surface area contributed by atoms with Gasteiger partial charge in [0, 0.05) is 29.7 Å². The Labute approximate surface area is 127 Å². The van der Waals surface area contributed by atoms with Crippen molar-refractivity contribution in [3.63, 3.8) is 0 Å².